The predicted molar refractivity (Wildman–Crippen MR) is 140 cm³/mol. The number of nitrogens with zero attached hydrogens (tertiary/aromatic N) is 2. The highest BCUT2D eigenvalue weighted by molar-refractivity contribution is 5.82. The summed E-state index contributed by atoms with van der Waals surface area (Å²) in [5, 5.41) is 3.08. The van der Waals surface area contributed by atoms with Gasteiger partial charge in [0, 0.05) is 38.4 Å². The Hall–Kier alpha value is -3.32. The van der Waals surface area contributed by atoms with Crippen molar-refractivity contribution in [1.82, 2.24) is 10.2 Å². The van der Waals surface area contributed by atoms with Gasteiger partial charge in [-0.15, -0.1) is 0 Å². The van der Waals surface area contributed by atoms with E-state index in [0.717, 1.165) is 36.8 Å². The maximum absolute atomic E-state index is 13.5. The topological polar surface area (TPSA) is 35.6 Å². The molecule has 0 spiro atoms. The van der Waals surface area contributed by atoms with Gasteiger partial charge in [0.15, 0.2) is 0 Å². The number of nitrogens with one attached hydrogen (secondary N) is 1. The van der Waals surface area contributed by atoms with Gasteiger partial charge in [0.25, 0.3) is 0 Å². The molecule has 0 radical (unpaired) electrons. The lowest BCUT2D eigenvalue weighted by molar-refractivity contribution is -0.137. The van der Waals surface area contributed by atoms with Gasteiger partial charge in [-0.05, 0) is 54.2 Å². The Kier molecular flexibility index (Phi) is 7.51. The van der Waals surface area contributed by atoms with Crippen LogP contribution in [0.5, 0.6) is 0 Å². The molecule has 3 aromatic carbocycles. The van der Waals surface area contributed by atoms with Crippen LogP contribution in [0.3, 0.4) is 0 Å². The van der Waals surface area contributed by atoms with Crippen molar-refractivity contribution in [2.45, 2.75) is 31.5 Å². The minimum atomic E-state index is -4.41. The number of hydrogen-bond acceptors (Lipinski definition) is 3. The van der Waals surface area contributed by atoms with E-state index in [4.69, 9.17) is 0 Å². The van der Waals surface area contributed by atoms with Crippen LogP contribution in [-0.2, 0) is 30.2 Å². The zero-order valence-electron chi connectivity index (χ0n) is 20.8. The van der Waals surface area contributed by atoms with Crippen molar-refractivity contribution in [3.05, 3.63) is 101 Å². The number of carbonyl (C=O) groups excluding carboxylic acids is 1. The Morgan fingerprint density at radius 2 is 1.57 bits per heavy atom. The maximum Gasteiger partial charge on any atom is 0.416 e. The van der Waals surface area contributed by atoms with Gasteiger partial charge >= 0.3 is 6.18 Å². The number of benzene rings is 3. The first-order valence-electron chi connectivity index (χ1n) is 12.9. The number of alkyl halides is 3. The fraction of sp³-hybridized carbons (Fsp3) is 0.367. The molecule has 4 nitrogen and oxygen atoms in total. The van der Waals surface area contributed by atoms with Crippen molar-refractivity contribution in [1.29, 1.82) is 0 Å². The zero-order chi connectivity index (χ0) is 25.8. The SMILES string of the molecule is O=C(NCCc1ccccc1)[C@H]1Cc2cc(C(F)(F)F)ccc2N2CCN(CCc3ccccc3)C[C@@H]12. The highest BCUT2D eigenvalue weighted by Gasteiger charge is 2.42. The molecule has 0 aliphatic carbocycles. The summed E-state index contributed by atoms with van der Waals surface area (Å²) in [6, 6.07) is 24.2. The number of anilines is 1. The van der Waals surface area contributed by atoms with Crippen LogP contribution in [0.1, 0.15) is 22.3 Å². The highest BCUT2D eigenvalue weighted by Crippen LogP contribution is 2.39. The standard InChI is InChI=1S/C30H32F3N3O/c31-30(32,33)25-11-12-27-24(19-25)20-26(29(37)34-15-13-22-7-3-1-4-8-22)28-21-35(17-18-36(27)28)16-14-23-9-5-2-6-10-23/h1-12,19,26,28H,13-18,20-21H2,(H,34,37)/t26-,28-/m0/s1. The van der Waals surface area contributed by atoms with E-state index in [1.54, 1.807) is 6.07 Å². The summed E-state index contributed by atoms with van der Waals surface area (Å²) in [5.41, 5.74) is 3.18. The second-order valence-corrected chi connectivity index (χ2v) is 9.98. The molecule has 37 heavy (non-hydrogen) atoms. The molecule has 0 bridgehead atoms. The van der Waals surface area contributed by atoms with Gasteiger partial charge in [-0.1, -0.05) is 60.7 Å². The van der Waals surface area contributed by atoms with Gasteiger partial charge in [-0.25, -0.2) is 0 Å². The van der Waals surface area contributed by atoms with Crippen molar-refractivity contribution in [2.24, 2.45) is 5.92 Å². The lowest BCUT2D eigenvalue weighted by Crippen LogP contribution is -2.61. The summed E-state index contributed by atoms with van der Waals surface area (Å²) >= 11 is 0. The van der Waals surface area contributed by atoms with Crippen LogP contribution in [0, 0.1) is 5.92 Å². The monoisotopic (exact) mass is 507 g/mol. The van der Waals surface area contributed by atoms with Gasteiger partial charge in [-0.2, -0.15) is 13.2 Å². The molecular weight excluding hydrogens is 475 g/mol. The summed E-state index contributed by atoms with van der Waals surface area (Å²) in [6.07, 6.45) is -2.46. The molecule has 0 unspecified atom stereocenters. The molecule has 3 aromatic rings. The van der Waals surface area contributed by atoms with E-state index in [1.807, 2.05) is 48.5 Å². The van der Waals surface area contributed by atoms with Crippen LogP contribution >= 0.6 is 0 Å². The Morgan fingerprint density at radius 1 is 0.892 bits per heavy atom. The summed E-state index contributed by atoms with van der Waals surface area (Å²) in [6.45, 7) is 3.59. The van der Waals surface area contributed by atoms with Crippen molar-refractivity contribution in [2.75, 3.05) is 37.6 Å². The number of amides is 1. The van der Waals surface area contributed by atoms with Gasteiger partial charge < -0.3 is 10.2 Å². The fourth-order valence-electron chi connectivity index (χ4n) is 5.60. The van der Waals surface area contributed by atoms with E-state index < -0.39 is 17.7 Å². The van der Waals surface area contributed by atoms with E-state index in [9.17, 15) is 18.0 Å². The first kappa shape index (κ1) is 25.3. The van der Waals surface area contributed by atoms with Gasteiger partial charge in [-0.3, -0.25) is 9.69 Å². The molecule has 5 rings (SSSR count). The number of carbonyl (C=O) groups is 1. The first-order valence-corrected chi connectivity index (χ1v) is 12.9. The predicted octanol–water partition coefficient (Wildman–Crippen LogP) is 4.97. The van der Waals surface area contributed by atoms with Crippen LogP contribution in [0.25, 0.3) is 0 Å². The van der Waals surface area contributed by atoms with E-state index in [0.29, 0.717) is 38.0 Å². The van der Waals surface area contributed by atoms with Crippen molar-refractivity contribution >= 4 is 11.6 Å². The van der Waals surface area contributed by atoms with Crippen LogP contribution in [0.4, 0.5) is 18.9 Å². The lowest BCUT2D eigenvalue weighted by Gasteiger charge is -2.49. The van der Waals surface area contributed by atoms with Crippen molar-refractivity contribution < 1.29 is 18.0 Å². The van der Waals surface area contributed by atoms with Gasteiger partial charge in [0.05, 0.1) is 17.5 Å². The summed E-state index contributed by atoms with van der Waals surface area (Å²) < 4.78 is 40.4. The molecule has 1 amide bonds. The minimum Gasteiger partial charge on any atom is -0.365 e. The van der Waals surface area contributed by atoms with Gasteiger partial charge in [0.1, 0.15) is 0 Å². The van der Waals surface area contributed by atoms with Crippen LogP contribution in [0.15, 0.2) is 78.9 Å². The lowest BCUT2D eigenvalue weighted by atomic mass is 9.82. The third-order valence-electron chi connectivity index (χ3n) is 7.58. The second kappa shape index (κ2) is 11.0. The first-order chi connectivity index (χ1) is 17.9. The quantitative estimate of drug-likeness (QED) is 0.491. The molecule has 2 atom stereocenters. The zero-order valence-corrected chi connectivity index (χ0v) is 20.8. The number of hydrogen-bond donors (Lipinski definition) is 1. The molecule has 0 aromatic heterocycles. The second-order valence-electron chi connectivity index (χ2n) is 9.98. The van der Waals surface area contributed by atoms with E-state index in [2.05, 4.69) is 27.2 Å². The average Bonchev–Trinajstić information content (AvgIpc) is 2.91. The summed E-state index contributed by atoms with van der Waals surface area (Å²) in [7, 11) is 0. The molecule has 7 heteroatoms. The third kappa shape index (κ3) is 5.99. The van der Waals surface area contributed by atoms with Gasteiger partial charge in [0.2, 0.25) is 5.91 Å². The fourth-order valence-corrected chi connectivity index (χ4v) is 5.60. The largest absolute Gasteiger partial charge is 0.416 e. The van der Waals surface area contributed by atoms with Crippen LogP contribution < -0.4 is 10.2 Å². The third-order valence-corrected chi connectivity index (χ3v) is 7.58. The smallest absolute Gasteiger partial charge is 0.365 e. The molecular formula is C30H32F3N3O. The number of fused-ring (bicyclic) bond motifs is 3. The number of rotatable bonds is 7. The Labute approximate surface area is 216 Å². The van der Waals surface area contributed by atoms with Crippen molar-refractivity contribution in [3.8, 4) is 0 Å². The molecule has 2 aliphatic rings. The normalized spacial score (nSPS) is 19.7. The summed E-state index contributed by atoms with van der Waals surface area (Å²) in [5.74, 6) is -0.495. The van der Waals surface area contributed by atoms with Crippen LogP contribution in [0.2, 0.25) is 0 Å². The average molecular weight is 508 g/mol. The Morgan fingerprint density at radius 3 is 2.24 bits per heavy atom. The van der Waals surface area contributed by atoms with E-state index in [-0.39, 0.29) is 11.9 Å². The van der Waals surface area contributed by atoms with Crippen LogP contribution in [-0.4, -0.2) is 49.6 Å². The number of piperazine rings is 1. The molecule has 2 aliphatic heterocycles. The molecule has 194 valence electrons. The summed E-state index contributed by atoms with van der Waals surface area (Å²) in [4.78, 5) is 18.0. The Bertz CT molecular complexity index is 1200. The Balaban J connectivity index is 1.33. The molecule has 0 saturated carbocycles. The molecule has 1 saturated heterocycles. The molecule has 1 N–H and O–H groups in total. The highest BCUT2D eigenvalue weighted by atomic mass is 19.4. The molecule has 2 heterocycles. The minimum absolute atomic E-state index is 0.0783. The van der Waals surface area contributed by atoms with E-state index >= 15 is 0 Å². The maximum atomic E-state index is 13.5. The van der Waals surface area contributed by atoms with Crippen molar-refractivity contribution in [3.63, 3.8) is 0 Å². The van der Waals surface area contributed by atoms with E-state index in [1.165, 1.54) is 11.6 Å². The number of halogens is 3. The molecule has 1 fully saturated rings.